The summed E-state index contributed by atoms with van der Waals surface area (Å²) in [5.74, 6) is 0.984. The van der Waals surface area contributed by atoms with Crippen molar-refractivity contribution in [2.75, 3.05) is 6.61 Å². The number of hydrogen-bond acceptors (Lipinski definition) is 4. The van der Waals surface area contributed by atoms with E-state index >= 15 is 0 Å². The molecule has 0 unspecified atom stereocenters. The minimum absolute atomic E-state index is 0.246. The van der Waals surface area contributed by atoms with E-state index in [0.29, 0.717) is 18.2 Å². The van der Waals surface area contributed by atoms with Crippen molar-refractivity contribution in [3.8, 4) is 34.0 Å². The molecule has 0 amide bonds. The van der Waals surface area contributed by atoms with E-state index in [1.54, 1.807) is 24.5 Å². The molecule has 0 N–H and O–H groups in total. The van der Waals surface area contributed by atoms with Crippen LogP contribution in [0.25, 0.3) is 22.5 Å². The van der Waals surface area contributed by atoms with Gasteiger partial charge < -0.3 is 9.47 Å². The Morgan fingerprint density at radius 1 is 0.710 bits per heavy atom. The summed E-state index contributed by atoms with van der Waals surface area (Å²) >= 11 is 0. The topological polar surface area (TPSA) is 44.2 Å². The normalized spacial score (nSPS) is 11.4. The molecule has 0 aliphatic heterocycles. The van der Waals surface area contributed by atoms with Crippen molar-refractivity contribution in [3.05, 3.63) is 60.9 Å². The number of benzene rings is 2. The van der Waals surface area contributed by atoms with E-state index in [1.807, 2.05) is 24.3 Å². The summed E-state index contributed by atoms with van der Waals surface area (Å²) in [5.41, 5.74) is 2.49. The summed E-state index contributed by atoms with van der Waals surface area (Å²) in [7, 11) is 0. The SMILES string of the molecule is CCCCCCCOc1cnc(-c2ccc(-c3ccc(OC(F)(F)F)cc3)cc2)nc1. The maximum atomic E-state index is 12.3. The summed E-state index contributed by atoms with van der Waals surface area (Å²) in [6, 6.07) is 13.3. The zero-order chi connectivity index (χ0) is 22.1. The molecule has 3 aromatic rings. The lowest BCUT2D eigenvalue weighted by Gasteiger charge is -2.09. The Morgan fingerprint density at radius 3 is 1.84 bits per heavy atom. The number of rotatable bonds is 10. The largest absolute Gasteiger partial charge is 0.573 e. The summed E-state index contributed by atoms with van der Waals surface area (Å²) < 4.78 is 46.4. The van der Waals surface area contributed by atoms with Crippen molar-refractivity contribution in [2.45, 2.75) is 45.4 Å². The van der Waals surface area contributed by atoms with Gasteiger partial charge >= 0.3 is 6.36 Å². The van der Waals surface area contributed by atoms with Crippen molar-refractivity contribution in [1.82, 2.24) is 9.97 Å². The van der Waals surface area contributed by atoms with E-state index in [1.165, 1.54) is 31.4 Å². The second-order valence-corrected chi connectivity index (χ2v) is 7.15. The van der Waals surface area contributed by atoms with Gasteiger partial charge in [0.1, 0.15) is 5.75 Å². The monoisotopic (exact) mass is 430 g/mol. The molecule has 31 heavy (non-hydrogen) atoms. The molecule has 1 heterocycles. The van der Waals surface area contributed by atoms with Crippen LogP contribution in [-0.4, -0.2) is 22.9 Å². The molecular weight excluding hydrogens is 405 g/mol. The smallest absolute Gasteiger partial charge is 0.490 e. The molecule has 0 spiro atoms. The van der Waals surface area contributed by atoms with Crippen LogP contribution in [0.5, 0.6) is 11.5 Å². The van der Waals surface area contributed by atoms with Gasteiger partial charge in [0.05, 0.1) is 19.0 Å². The zero-order valence-electron chi connectivity index (χ0n) is 17.4. The summed E-state index contributed by atoms with van der Waals surface area (Å²) in [4.78, 5) is 8.73. The maximum absolute atomic E-state index is 12.3. The Hall–Kier alpha value is -3.09. The first-order valence-corrected chi connectivity index (χ1v) is 10.4. The Labute approximate surface area is 180 Å². The number of halogens is 3. The average Bonchev–Trinajstić information content (AvgIpc) is 2.76. The fourth-order valence-electron chi connectivity index (χ4n) is 3.10. The van der Waals surface area contributed by atoms with Gasteiger partial charge in [0.25, 0.3) is 0 Å². The van der Waals surface area contributed by atoms with E-state index in [2.05, 4.69) is 21.6 Å². The van der Waals surface area contributed by atoms with Crippen molar-refractivity contribution in [1.29, 1.82) is 0 Å². The second-order valence-electron chi connectivity index (χ2n) is 7.15. The molecule has 0 saturated carbocycles. The molecule has 0 aliphatic rings. The van der Waals surface area contributed by atoms with E-state index in [0.717, 1.165) is 29.5 Å². The lowest BCUT2D eigenvalue weighted by atomic mass is 10.0. The third-order valence-electron chi connectivity index (χ3n) is 4.71. The molecule has 0 aliphatic carbocycles. The highest BCUT2D eigenvalue weighted by atomic mass is 19.4. The second kappa shape index (κ2) is 10.8. The number of alkyl halides is 3. The molecule has 7 heteroatoms. The van der Waals surface area contributed by atoms with Crippen LogP contribution in [0.4, 0.5) is 13.2 Å². The summed E-state index contributed by atoms with van der Waals surface area (Å²) in [5, 5.41) is 0. The van der Waals surface area contributed by atoms with Crippen molar-refractivity contribution < 1.29 is 22.6 Å². The predicted molar refractivity (Wildman–Crippen MR) is 114 cm³/mol. The van der Waals surface area contributed by atoms with E-state index in [-0.39, 0.29) is 5.75 Å². The van der Waals surface area contributed by atoms with E-state index < -0.39 is 6.36 Å². The van der Waals surface area contributed by atoms with Crippen LogP contribution >= 0.6 is 0 Å². The van der Waals surface area contributed by atoms with Crippen molar-refractivity contribution >= 4 is 0 Å². The number of ether oxygens (including phenoxy) is 2. The van der Waals surface area contributed by atoms with Gasteiger partial charge in [0.15, 0.2) is 11.6 Å². The molecule has 3 rings (SSSR count). The predicted octanol–water partition coefficient (Wildman–Crippen LogP) is 7.06. The van der Waals surface area contributed by atoms with Gasteiger partial charge in [-0.05, 0) is 29.7 Å². The molecule has 164 valence electrons. The van der Waals surface area contributed by atoms with Crippen LogP contribution in [0.1, 0.15) is 39.0 Å². The molecule has 2 aromatic carbocycles. The van der Waals surface area contributed by atoms with Crippen LogP contribution < -0.4 is 9.47 Å². The zero-order valence-corrected chi connectivity index (χ0v) is 17.4. The highest BCUT2D eigenvalue weighted by Crippen LogP contribution is 2.28. The van der Waals surface area contributed by atoms with Gasteiger partial charge in [-0.25, -0.2) is 9.97 Å². The van der Waals surface area contributed by atoms with Crippen molar-refractivity contribution in [3.63, 3.8) is 0 Å². The van der Waals surface area contributed by atoms with Gasteiger partial charge in [-0.1, -0.05) is 69.0 Å². The average molecular weight is 430 g/mol. The lowest BCUT2D eigenvalue weighted by Crippen LogP contribution is -2.16. The molecule has 0 atom stereocenters. The fraction of sp³-hybridized carbons (Fsp3) is 0.333. The van der Waals surface area contributed by atoms with Gasteiger partial charge in [-0.3, -0.25) is 0 Å². The molecule has 1 aromatic heterocycles. The Balaban J connectivity index is 1.56. The summed E-state index contributed by atoms with van der Waals surface area (Å²) in [6.45, 7) is 2.85. The fourth-order valence-corrected chi connectivity index (χ4v) is 3.10. The molecule has 0 saturated heterocycles. The van der Waals surface area contributed by atoms with E-state index in [4.69, 9.17) is 4.74 Å². The first kappa shape index (κ1) is 22.6. The Kier molecular flexibility index (Phi) is 7.87. The lowest BCUT2D eigenvalue weighted by molar-refractivity contribution is -0.274. The number of unbranched alkanes of at least 4 members (excludes halogenated alkanes) is 4. The molecular formula is C24H25F3N2O2. The van der Waals surface area contributed by atoms with Gasteiger partial charge in [0, 0.05) is 5.56 Å². The minimum atomic E-state index is -4.70. The van der Waals surface area contributed by atoms with Crippen LogP contribution in [-0.2, 0) is 0 Å². The van der Waals surface area contributed by atoms with Gasteiger partial charge in [-0.15, -0.1) is 13.2 Å². The molecule has 0 bridgehead atoms. The Morgan fingerprint density at radius 2 is 1.26 bits per heavy atom. The van der Waals surface area contributed by atoms with Crippen LogP contribution in [0.15, 0.2) is 60.9 Å². The van der Waals surface area contributed by atoms with Crippen LogP contribution in [0.3, 0.4) is 0 Å². The quantitative estimate of drug-likeness (QED) is 0.323. The third kappa shape index (κ3) is 7.27. The van der Waals surface area contributed by atoms with Crippen molar-refractivity contribution in [2.24, 2.45) is 0 Å². The van der Waals surface area contributed by atoms with Crippen LogP contribution in [0.2, 0.25) is 0 Å². The highest BCUT2D eigenvalue weighted by Gasteiger charge is 2.30. The first-order chi connectivity index (χ1) is 14.9. The third-order valence-corrected chi connectivity index (χ3v) is 4.71. The highest BCUT2D eigenvalue weighted by molar-refractivity contribution is 5.68. The Bertz CT molecular complexity index is 925. The minimum Gasteiger partial charge on any atom is -0.490 e. The molecule has 0 radical (unpaired) electrons. The van der Waals surface area contributed by atoms with Crippen LogP contribution in [0, 0.1) is 0 Å². The van der Waals surface area contributed by atoms with E-state index in [9.17, 15) is 13.2 Å². The maximum Gasteiger partial charge on any atom is 0.573 e. The number of aromatic nitrogens is 2. The first-order valence-electron chi connectivity index (χ1n) is 10.4. The standard InChI is InChI=1S/C24H25F3N2O2/c1-2-3-4-5-6-15-30-22-16-28-23(29-17-22)20-9-7-18(8-10-20)19-11-13-21(14-12-19)31-24(25,26)27/h7-14,16-17H,2-6,15H2,1H3. The number of nitrogens with zero attached hydrogens (tertiary/aromatic N) is 2. The summed E-state index contributed by atoms with van der Waals surface area (Å²) in [6.07, 6.45) is 4.54. The molecule has 0 fully saturated rings. The van der Waals surface area contributed by atoms with Gasteiger partial charge in [-0.2, -0.15) is 0 Å². The molecule has 4 nitrogen and oxygen atoms in total. The van der Waals surface area contributed by atoms with Gasteiger partial charge in [0.2, 0.25) is 0 Å². The number of hydrogen-bond donors (Lipinski definition) is 0.